The van der Waals surface area contributed by atoms with E-state index in [0.717, 1.165) is 6.92 Å². The summed E-state index contributed by atoms with van der Waals surface area (Å²) >= 11 is 0. The van der Waals surface area contributed by atoms with Crippen LogP contribution in [-0.4, -0.2) is 17.5 Å². The van der Waals surface area contributed by atoms with Crippen molar-refractivity contribution < 1.29 is 27.5 Å². The largest absolute Gasteiger partial charge is 0.559 e. The van der Waals surface area contributed by atoms with Crippen LogP contribution in [0.3, 0.4) is 0 Å². The Morgan fingerprint density at radius 2 is 1.33 bits per heavy atom. The molecule has 0 aromatic heterocycles. The molecule has 0 aliphatic rings. The van der Waals surface area contributed by atoms with E-state index in [4.69, 9.17) is 9.90 Å². The molecule has 0 spiro atoms. The van der Waals surface area contributed by atoms with E-state index in [9.17, 15) is 17.6 Å². The monoisotopic (exact) mass is 148 g/mol. The number of hydrogen-bond donors (Lipinski definition) is 1. The molecule has 56 valence electrons. The van der Waals surface area contributed by atoms with Crippen molar-refractivity contribution in [2.75, 3.05) is 0 Å². The molecule has 0 radical (unpaired) electrons. The topological polar surface area (TPSA) is 37.3 Å². The maximum Gasteiger partial charge on any atom is 0.559 e. The van der Waals surface area contributed by atoms with E-state index < -0.39 is 12.4 Å². The number of alkyl halides is 4. The zero-order chi connectivity index (χ0) is 8.08. The van der Waals surface area contributed by atoms with E-state index in [0.29, 0.717) is 0 Å². The number of carboxylic acids is 1. The lowest BCUT2D eigenvalue weighted by Crippen LogP contribution is -1.92. The summed E-state index contributed by atoms with van der Waals surface area (Å²) in [6, 6.07) is 0. The molecule has 6 heteroatoms. The Morgan fingerprint density at radius 1 is 1.33 bits per heavy atom. The first-order valence-corrected chi connectivity index (χ1v) is 1.68. The number of hydrogen-bond acceptors (Lipinski definition) is 1. The molecule has 0 unspecified atom stereocenters. The number of aliphatic carboxylic acids is 1. The van der Waals surface area contributed by atoms with E-state index in [1.165, 1.54) is 0 Å². The minimum atomic E-state index is -5.50. The second-order valence-corrected chi connectivity index (χ2v) is 0.948. The van der Waals surface area contributed by atoms with Crippen molar-refractivity contribution in [3.05, 3.63) is 0 Å². The van der Waals surface area contributed by atoms with Crippen LogP contribution in [0.25, 0.3) is 0 Å². The van der Waals surface area contributed by atoms with Gasteiger partial charge >= 0.3 is 6.43 Å². The highest BCUT2D eigenvalue weighted by Crippen LogP contribution is 2.13. The average molecular weight is 148 g/mol. The lowest BCUT2D eigenvalue weighted by molar-refractivity contribution is -0.237. The standard InChI is InChI=1S/C2H4O2.CF4/c1-2(3)4;2-1(3,4)5/h1H3,(H,3,4);. The van der Waals surface area contributed by atoms with E-state index in [1.54, 1.807) is 0 Å². The van der Waals surface area contributed by atoms with E-state index in [1.807, 2.05) is 0 Å². The third kappa shape index (κ3) is 295. The maximum atomic E-state index is 9.69. The lowest BCUT2D eigenvalue weighted by atomic mass is 10.9. The van der Waals surface area contributed by atoms with Crippen molar-refractivity contribution in [1.29, 1.82) is 0 Å². The highest BCUT2D eigenvalue weighted by atomic mass is 19.5. The van der Waals surface area contributed by atoms with Gasteiger partial charge in [0.05, 0.1) is 0 Å². The molecule has 0 fully saturated rings. The molecule has 0 heterocycles. The Balaban J connectivity index is 0. The Labute approximate surface area is 48.1 Å². The first-order valence-electron chi connectivity index (χ1n) is 1.68. The molecule has 0 aliphatic heterocycles. The third-order valence-corrected chi connectivity index (χ3v) is 0. The summed E-state index contributed by atoms with van der Waals surface area (Å²) in [5.74, 6) is -0.833. The summed E-state index contributed by atoms with van der Waals surface area (Å²) in [5.41, 5.74) is 0. The fourth-order valence-corrected chi connectivity index (χ4v) is 0. The molecular formula is C3H4F4O2. The van der Waals surface area contributed by atoms with Gasteiger partial charge in [-0.1, -0.05) is 0 Å². The van der Waals surface area contributed by atoms with Crippen molar-refractivity contribution >= 4 is 5.97 Å². The summed E-state index contributed by atoms with van der Waals surface area (Å²) in [6.45, 7) is 1.08. The van der Waals surface area contributed by atoms with Gasteiger partial charge in [0.15, 0.2) is 0 Å². The smallest absolute Gasteiger partial charge is 0.481 e. The van der Waals surface area contributed by atoms with Gasteiger partial charge in [-0.2, -0.15) is 0 Å². The first kappa shape index (κ1) is 11.0. The molecule has 0 aromatic rings. The van der Waals surface area contributed by atoms with Crippen LogP contribution in [0, 0.1) is 0 Å². The predicted octanol–water partition coefficient (Wildman–Crippen LogP) is 1.57. The summed E-state index contributed by atoms with van der Waals surface area (Å²) in [5, 5.41) is 7.42. The Kier molecular flexibility index (Phi) is 5.04. The molecule has 0 rings (SSSR count). The van der Waals surface area contributed by atoms with Crippen LogP contribution < -0.4 is 0 Å². The van der Waals surface area contributed by atoms with Crippen LogP contribution in [0.2, 0.25) is 0 Å². The van der Waals surface area contributed by atoms with Crippen molar-refractivity contribution in [3.63, 3.8) is 0 Å². The zero-order valence-electron chi connectivity index (χ0n) is 4.37. The molecule has 0 aromatic carbocycles. The van der Waals surface area contributed by atoms with Gasteiger partial charge in [0, 0.05) is 6.92 Å². The molecule has 0 aliphatic carbocycles. The van der Waals surface area contributed by atoms with Crippen molar-refractivity contribution in [3.8, 4) is 0 Å². The summed E-state index contributed by atoms with van der Waals surface area (Å²) < 4.78 is 38.8. The van der Waals surface area contributed by atoms with E-state index in [2.05, 4.69) is 0 Å². The third-order valence-electron chi connectivity index (χ3n) is 0. The molecule has 1 N–H and O–H groups in total. The SMILES string of the molecule is CC(=O)O.FC(F)(F)F. The predicted molar refractivity (Wildman–Crippen MR) is 20.5 cm³/mol. The Bertz CT molecular complexity index is 76.3. The van der Waals surface area contributed by atoms with E-state index in [-0.39, 0.29) is 0 Å². The van der Waals surface area contributed by atoms with Gasteiger partial charge < -0.3 is 5.11 Å². The second-order valence-electron chi connectivity index (χ2n) is 0.948. The van der Waals surface area contributed by atoms with E-state index >= 15 is 0 Å². The van der Waals surface area contributed by atoms with Crippen molar-refractivity contribution in [2.45, 2.75) is 13.4 Å². The lowest BCUT2D eigenvalue weighted by Gasteiger charge is -1.82. The van der Waals surface area contributed by atoms with Gasteiger partial charge in [-0.15, -0.1) is 17.6 Å². The highest BCUT2D eigenvalue weighted by molar-refractivity contribution is 5.62. The minimum Gasteiger partial charge on any atom is -0.481 e. The summed E-state index contributed by atoms with van der Waals surface area (Å²) in [4.78, 5) is 9.00. The Morgan fingerprint density at radius 3 is 1.33 bits per heavy atom. The molecule has 0 amide bonds. The van der Waals surface area contributed by atoms with Crippen LogP contribution in [0.5, 0.6) is 0 Å². The highest BCUT2D eigenvalue weighted by Gasteiger charge is 2.24. The summed E-state index contributed by atoms with van der Waals surface area (Å²) in [7, 11) is 0. The van der Waals surface area contributed by atoms with Crippen LogP contribution in [0.15, 0.2) is 0 Å². The minimum absolute atomic E-state index is 0.833. The number of carboxylic acid groups (broad SMARTS) is 1. The first-order chi connectivity index (χ1) is 3.73. The quantitative estimate of drug-likeness (QED) is 0.529. The molecule has 0 atom stereocenters. The van der Waals surface area contributed by atoms with Crippen LogP contribution in [0.1, 0.15) is 6.92 Å². The van der Waals surface area contributed by atoms with Gasteiger partial charge in [-0.25, -0.2) is 0 Å². The van der Waals surface area contributed by atoms with Gasteiger partial charge in [-0.05, 0) is 0 Å². The van der Waals surface area contributed by atoms with Gasteiger partial charge in [0.25, 0.3) is 5.97 Å². The molecule has 0 saturated heterocycles. The second kappa shape index (κ2) is 4.11. The fraction of sp³-hybridized carbons (Fsp3) is 0.667. The van der Waals surface area contributed by atoms with Crippen molar-refractivity contribution in [1.82, 2.24) is 0 Å². The summed E-state index contributed by atoms with van der Waals surface area (Å²) in [6.07, 6.45) is -5.50. The van der Waals surface area contributed by atoms with Gasteiger partial charge in [0.1, 0.15) is 0 Å². The maximum absolute atomic E-state index is 9.69. The van der Waals surface area contributed by atoms with Crippen LogP contribution in [0.4, 0.5) is 17.6 Å². The molecule has 0 bridgehead atoms. The van der Waals surface area contributed by atoms with Gasteiger partial charge in [-0.3, -0.25) is 4.79 Å². The normalized spacial score (nSPS) is 9.44. The zero-order valence-corrected chi connectivity index (χ0v) is 4.37. The van der Waals surface area contributed by atoms with Crippen molar-refractivity contribution in [2.24, 2.45) is 0 Å². The molecule has 2 nitrogen and oxygen atoms in total. The van der Waals surface area contributed by atoms with Gasteiger partial charge in [0.2, 0.25) is 0 Å². The number of halogens is 4. The number of carbonyl (C=O) groups is 1. The van der Waals surface area contributed by atoms with Crippen LogP contribution in [-0.2, 0) is 4.79 Å². The molecule has 9 heavy (non-hydrogen) atoms. The Hall–Kier alpha value is -0.810. The average Bonchev–Trinajstić information content (AvgIpc) is 1.19. The fourth-order valence-electron chi connectivity index (χ4n) is 0. The van der Waals surface area contributed by atoms with Crippen LogP contribution >= 0.6 is 0 Å². The molecule has 0 saturated carbocycles. The number of rotatable bonds is 0. The molecular weight excluding hydrogens is 144 g/mol.